The molecule has 2 aliphatic rings. The van der Waals surface area contributed by atoms with E-state index in [0.29, 0.717) is 5.68 Å². The molecule has 0 atom stereocenters. The Kier molecular flexibility index (Phi) is 6.96. The Bertz CT molecular complexity index is 488. The van der Waals surface area contributed by atoms with Crippen molar-refractivity contribution in [2.45, 2.75) is 65.0 Å². The van der Waals surface area contributed by atoms with Crippen LogP contribution in [0.4, 0.5) is 0 Å². The molecule has 0 N–H and O–H groups in total. The van der Waals surface area contributed by atoms with Gasteiger partial charge in [0.1, 0.15) is 5.68 Å². The molecule has 1 aliphatic carbocycles. The van der Waals surface area contributed by atoms with E-state index in [2.05, 4.69) is 31.2 Å². The molecule has 2 heteroatoms. The van der Waals surface area contributed by atoms with Crippen LogP contribution >= 0.6 is 0 Å². The zero-order valence-electron chi connectivity index (χ0n) is 14.2. The minimum atomic E-state index is 0.251. The van der Waals surface area contributed by atoms with Crippen LogP contribution < -0.4 is 0 Å². The Morgan fingerprint density at radius 3 is 2.68 bits per heavy atom. The first-order chi connectivity index (χ1) is 10.7. The van der Waals surface area contributed by atoms with Gasteiger partial charge in [0, 0.05) is 5.57 Å². The lowest BCUT2D eigenvalue weighted by Crippen LogP contribution is -2.31. The summed E-state index contributed by atoms with van der Waals surface area (Å²) in [5.41, 5.74) is 2.81. The minimum absolute atomic E-state index is 0.251. The smallest absolute Gasteiger partial charge is 0.229 e. The van der Waals surface area contributed by atoms with Gasteiger partial charge in [0.15, 0.2) is 0 Å². The van der Waals surface area contributed by atoms with Gasteiger partial charge in [-0.3, -0.25) is 0 Å². The summed E-state index contributed by atoms with van der Waals surface area (Å²) in [5, 5.41) is 0. The van der Waals surface area contributed by atoms with Crippen molar-refractivity contribution in [2.24, 2.45) is 5.92 Å². The van der Waals surface area contributed by atoms with E-state index in [9.17, 15) is 4.79 Å². The molecule has 1 nitrogen and oxygen atoms in total. The highest BCUT2D eigenvalue weighted by Crippen LogP contribution is 2.32. The molecule has 1 aliphatic heterocycles. The van der Waals surface area contributed by atoms with Crippen LogP contribution in [-0.4, -0.2) is 12.4 Å². The number of hydrogen-bond donors (Lipinski definition) is 0. The molecule has 0 aromatic heterocycles. The molecule has 1 fully saturated rings. The number of carbonyl (C=O) groups is 1. The van der Waals surface area contributed by atoms with Crippen LogP contribution in [0.1, 0.15) is 52.4 Å². The van der Waals surface area contributed by atoms with Crippen molar-refractivity contribution in [2.75, 3.05) is 0 Å². The van der Waals surface area contributed by atoms with E-state index in [1.165, 1.54) is 37.7 Å². The van der Waals surface area contributed by atoms with Crippen molar-refractivity contribution >= 4 is 12.4 Å². The van der Waals surface area contributed by atoms with Gasteiger partial charge >= 0.3 is 0 Å². The van der Waals surface area contributed by atoms with Crippen LogP contribution in [0.3, 0.4) is 0 Å². The van der Waals surface area contributed by atoms with Gasteiger partial charge in [-0.2, -0.15) is 0 Å². The van der Waals surface area contributed by atoms with Crippen LogP contribution in [0.2, 0.25) is 12.6 Å². The van der Waals surface area contributed by atoms with Gasteiger partial charge in [-0.15, -0.1) is 0 Å². The van der Waals surface area contributed by atoms with E-state index in [1.807, 2.05) is 19.1 Å². The SMILES string of the molecule is C/C=C\C(=C/CC)C(=O)B1CCC(CC2=CCCC=C2)CC1. The van der Waals surface area contributed by atoms with E-state index in [-0.39, 0.29) is 6.71 Å². The Hall–Kier alpha value is -1.31. The summed E-state index contributed by atoms with van der Waals surface area (Å²) in [4.78, 5) is 12.6. The third-order valence-corrected chi connectivity index (χ3v) is 4.87. The number of rotatable bonds is 6. The summed E-state index contributed by atoms with van der Waals surface area (Å²) in [6.45, 7) is 4.33. The second-order valence-corrected chi connectivity index (χ2v) is 6.61. The first-order valence-corrected chi connectivity index (χ1v) is 8.97. The monoisotopic (exact) mass is 296 g/mol. The average molecular weight is 296 g/mol. The molecule has 0 saturated carbocycles. The third-order valence-electron chi connectivity index (χ3n) is 4.87. The highest BCUT2D eigenvalue weighted by molar-refractivity contribution is 6.92. The second kappa shape index (κ2) is 8.97. The lowest BCUT2D eigenvalue weighted by molar-refractivity contribution is -0.109. The minimum Gasteiger partial charge on any atom is -0.306 e. The maximum atomic E-state index is 12.6. The van der Waals surface area contributed by atoms with Gasteiger partial charge in [-0.25, -0.2) is 0 Å². The van der Waals surface area contributed by atoms with E-state index in [4.69, 9.17) is 0 Å². The van der Waals surface area contributed by atoms with Crippen molar-refractivity contribution < 1.29 is 4.79 Å². The van der Waals surface area contributed by atoms with Crippen molar-refractivity contribution in [3.63, 3.8) is 0 Å². The predicted molar refractivity (Wildman–Crippen MR) is 97.4 cm³/mol. The molecule has 1 saturated heterocycles. The molecule has 0 spiro atoms. The molecule has 118 valence electrons. The van der Waals surface area contributed by atoms with Crippen molar-refractivity contribution in [1.29, 1.82) is 0 Å². The Morgan fingerprint density at radius 1 is 1.32 bits per heavy atom. The van der Waals surface area contributed by atoms with Gasteiger partial charge in [-0.05, 0) is 38.5 Å². The topological polar surface area (TPSA) is 17.1 Å². The molecule has 0 unspecified atom stereocenters. The predicted octanol–water partition coefficient (Wildman–Crippen LogP) is 5.58. The molecule has 0 aromatic rings. The lowest BCUT2D eigenvalue weighted by atomic mass is 9.36. The fourth-order valence-corrected chi connectivity index (χ4v) is 3.67. The summed E-state index contributed by atoms with van der Waals surface area (Å²) in [6.07, 6.45) is 22.1. The highest BCUT2D eigenvalue weighted by atomic mass is 16.1. The molecular formula is C20H29BO. The summed E-state index contributed by atoms with van der Waals surface area (Å²) in [7, 11) is 0. The van der Waals surface area contributed by atoms with E-state index in [0.717, 1.165) is 30.6 Å². The van der Waals surface area contributed by atoms with E-state index < -0.39 is 0 Å². The van der Waals surface area contributed by atoms with Crippen molar-refractivity contribution in [3.05, 3.63) is 47.6 Å². The van der Waals surface area contributed by atoms with Gasteiger partial charge in [0.05, 0.1) is 0 Å². The summed E-state index contributed by atoms with van der Waals surface area (Å²) >= 11 is 0. The molecule has 1 heterocycles. The maximum Gasteiger partial charge on any atom is 0.229 e. The third kappa shape index (κ3) is 4.86. The molecule has 22 heavy (non-hydrogen) atoms. The Balaban J connectivity index is 1.86. The van der Waals surface area contributed by atoms with Crippen LogP contribution in [-0.2, 0) is 4.79 Å². The number of hydrogen-bond acceptors (Lipinski definition) is 1. The summed E-state index contributed by atoms with van der Waals surface area (Å²) < 4.78 is 0. The fraction of sp³-hybridized carbons (Fsp3) is 0.550. The Labute approximate surface area is 136 Å². The number of allylic oxidation sites excluding steroid dienone is 8. The second-order valence-electron chi connectivity index (χ2n) is 6.61. The van der Waals surface area contributed by atoms with Crippen LogP contribution in [0.25, 0.3) is 0 Å². The molecule has 0 aromatic carbocycles. The molecule has 2 rings (SSSR count). The average Bonchev–Trinajstić information content (AvgIpc) is 2.56. The summed E-state index contributed by atoms with van der Waals surface area (Å²) in [5.74, 6) is 0.776. The summed E-state index contributed by atoms with van der Waals surface area (Å²) in [6, 6.07) is 0. The van der Waals surface area contributed by atoms with E-state index >= 15 is 0 Å². The van der Waals surface area contributed by atoms with Gasteiger partial charge in [0.2, 0.25) is 6.71 Å². The van der Waals surface area contributed by atoms with Crippen LogP contribution in [0, 0.1) is 5.92 Å². The maximum absolute atomic E-state index is 12.6. The molecule has 0 radical (unpaired) electrons. The normalized spacial score (nSPS) is 20.5. The zero-order valence-corrected chi connectivity index (χ0v) is 14.2. The van der Waals surface area contributed by atoms with Crippen molar-refractivity contribution in [1.82, 2.24) is 0 Å². The first-order valence-electron chi connectivity index (χ1n) is 8.97. The number of carbonyl (C=O) groups excluding carboxylic acids is 1. The largest absolute Gasteiger partial charge is 0.306 e. The zero-order chi connectivity index (χ0) is 15.8. The molecule has 0 bridgehead atoms. The fourth-order valence-electron chi connectivity index (χ4n) is 3.67. The van der Waals surface area contributed by atoms with Gasteiger partial charge < -0.3 is 4.79 Å². The Morgan fingerprint density at radius 2 is 2.09 bits per heavy atom. The lowest BCUT2D eigenvalue weighted by Gasteiger charge is -2.26. The first kappa shape index (κ1) is 17.1. The van der Waals surface area contributed by atoms with Crippen molar-refractivity contribution in [3.8, 4) is 0 Å². The van der Waals surface area contributed by atoms with Crippen LogP contribution in [0.5, 0.6) is 0 Å². The van der Waals surface area contributed by atoms with Crippen LogP contribution in [0.15, 0.2) is 47.6 Å². The van der Waals surface area contributed by atoms with E-state index in [1.54, 1.807) is 0 Å². The molecular weight excluding hydrogens is 267 g/mol. The quantitative estimate of drug-likeness (QED) is 0.355. The standard InChI is InChI=1S/C20H29BO/c1-3-8-19(9-4-2)20(22)21-14-12-18(13-15-21)16-17-10-6-5-7-11-17/h3,6,8-11,18H,4-5,7,12-16H2,1-2H3/b8-3-,19-9+. The van der Waals surface area contributed by atoms with Gasteiger partial charge in [0.25, 0.3) is 0 Å². The molecule has 0 amide bonds. The van der Waals surface area contributed by atoms with Gasteiger partial charge in [-0.1, -0.05) is 74.4 Å². The highest BCUT2D eigenvalue weighted by Gasteiger charge is 2.30.